The van der Waals surface area contributed by atoms with Gasteiger partial charge in [0.1, 0.15) is 0 Å². The van der Waals surface area contributed by atoms with E-state index in [4.69, 9.17) is 23.2 Å². The van der Waals surface area contributed by atoms with Crippen LogP contribution in [0.1, 0.15) is 55.5 Å². The Morgan fingerprint density at radius 3 is 2.32 bits per heavy atom. The Morgan fingerprint density at radius 1 is 1.10 bits per heavy atom. The van der Waals surface area contributed by atoms with Gasteiger partial charge in [0.2, 0.25) is 10.0 Å². The number of hydrogen-bond donors (Lipinski definition) is 1. The predicted molar refractivity (Wildman–Crippen MR) is 130 cm³/mol. The number of carbonyl (C=O) groups is 1. The van der Waals surface area contributed by atoms with Crippen molar-refractivity contribution in [3.63, 3.8) is 0 Å². The average Bonchev–Trinajstić information content (AvgIpc) is 2.72. The lowest BCUT2D eigenvalue weighted by Crippen LogP contribution is -2.30. The molecule has 0 radical (unpaired) electrons. The number of unbranched alkanes of at least 4 members (excludes halogenated alkanes) is 1. The van der Waals surface area contributed by atoms with Gasteiger partial charge in [0, 0.05) is 17.1 Å². The average molecular weight is 485 g/mol. The van der Waals surface area contributed by atoms with Gasteiger partial charge >= 0.3 is 0 Å². The van der Waals surface area contributed by atoms with Crippen LogP contribution in [-0.2, 0) is 16.6 Å². The molecule has 0 bridgehead atoms. The van der Waals surface area contributed by atoms with Gasteiger partial charge in [-0.1, -0.05) is 68.4 Å². The quantitative estimate of drug-likeness (QED) is 0.431. The summed E-state index contributed by atoms with van der Waals surface area (Å²) in [5.74, 6) is 0.359. The molecule has 2 aromatic carbocycles. The monoisotopic (exact) mass is 484 g/mol. The van der Waals surface area contributed by atoms with Gasteiger partial charge in [0.15, 0.2) is 0 Å². The summed E-state index contributed by atoms with van der Waals surface area (Å²) in [6.07, 6.45) is 5.59. The molecule has 0 aliphatic heterocycles. The van der Waals surface area contributed by atoms with Crippen LogP contribution in [0.5, 0.6) is 0 Å². The highest BCUT2D eigenvalue weighted by atomic mass is 35.5. The van der Waals surface area contributed by atoms with Gasteiger partial charge in [-0.3, -0.25) is 9.10 Å². The molecule has 1 N–H and O–H groups in total. The first-order chi connectivity index (χ1) is 14.7. The summed E-state index contributed by atoms with van der Waals surface area (Å²) in [5, 5.41) is 3.69. The smallest absolute Gasteiger partial charge is 0.251 e. The fourth-order valence-corrected chi connectivity index (χ4v) is 4.74. The summed E-state index contributed by atoms with van der Waals surface area (Å²) in [4.78, 5) is 12.5. The van der Waals surface area contributed by atoms with Crippen LogP contribution in [0.2, 0.25) is 10.0 Å². The lowest BCUT2D eigenvalue weighted by molar-refractivity contribution is 0.0946. The van der Waals surface area contributed by atoms with Crippen LogP contribution in [0.4, 0.5) is 5.69 Å². The van der Waals surface area contributed by atoms with Crippen molar-refractivity contribution in [3.05, 3.63) is 63.6 Å². The molecular formula is C23H30Cl2N2O3S. The molecule has 2 rings (SSSR count). The maximum Gasteiger partial charge on any atom is 0.251 e. The second-order valence-corrected chi connectivity index (χ2v) is 10.4. The maximum absolute atomic E-state index is 12.5. The molecule has 0 saturated heterocycles. The summed E-state index contributed by atoms with van der Waals surface area (Å²) in [6, 6.07) is 11.6. The minimum Gasteiger partial charge on any atom is -0.352 e. The topological polar surface area (TPSA) is 66.5 Å². The number of halogens is 2. The van der Waals surface area contributed by atoms with Crippen LogP contribution in [0.3, 0.4) is 0 Å². The molecule has 0 saturated carbocycles. The summed E-state index contributed by atoms with van der Waals surface area (Å²) >= 11 is 12.2. The van der Waals surface area contributed by atoms with E-state index in [0.717, 1.165) is 37.5 Å². The highest BCUT2D eigenvalue weighted by molar-refractivity contribution is 7.92. The van der Waals surface area contributed by atoms with Crippen molar-refractivity contribution in [2.24, 2.45) is 5.92 Å². The lowest BCUT2D eigenvalue weighted by atomic mass is 9.99. The Morgan fingerprint density at radius 2 is 1.77 bits per heavy atom. The zero-order valence-corrected chi connectivity index (χ0v) is 20.5. The summed E-state index contributed by atoms with van der Waals surface area (Å²) in [7, 11) is -3.58. The van der Waals surface area contributed by atoms with Crippen LogP contribution in [0, 0.1) is 5.92 Å². The second kappa shape index (κ2) is 11.7. The molecule has 8 heteroatoms. The first-order valence-electron chi connectivity index (χ1n) is 10.5. The van der Waals surface area contributed by atoms with E-state index in [-0.39, 0.29) is 17.5 Å². The van der Waals surface area contributed by atoms with Crippen LogP contribution < -0.4 is 9.62 Å². The third kappa shape index (κ3) is 7.70. The molecule has 0 aromatic heterocycles. The molecule has 0 fully saturated rings. The van der Waals surface area contributed by atoms with Gasteiger partial charge in [0.25, 0.3) is 5.91 Å². The van der Waals surface area contributed by atoms with E-state index >= 15 is 0 Å². The molecule has 5 nitrogen and oxygen atoms in total. The summed E-state index contributed by atoms with van der Waals surface area (Å²) in [6.45, 7) is 5.06. The number of amides is 1. The third-order valence-corrected chi connectivity index (χ3v) is 6.88. The first kappa shape index (κ1) is 25.5. The largest absolute Gasteiger partial charge is 0.352 e. The van der Waals surface area contributed by atoms with Gasteiger partial charge in [-0.2, -0.15) is 0 Å². The SMILES string of the molecule is CCCC[C@H](CC)CNC(=O)c1ccc(CN(c2ccc(Cl)cc2Cl)S(C)(=O)=O)cc1. The van der Waals surface area contributed by atoms with E-state index < -0.39 is 10.0 Å². The Balaban J connectivity index is 2.09. The zero-order chi connectivity index (χ0) is 23.0. The highest BCUT2D eigenvalue weighted by Gasteiger charge is 2.21. The van der Waals surface area contributed by atoms with Crippen molar-refractivity contribution in [1.29, 1.82) is 0 Å². The Bertz CT molecular complexity index is 979. The minimum absolute atomic E-state index is 0.0943. The van der Waals surface area contributed by atoms with Gasteiger partial charge < -0.3 is 5.32 Å². The van der Waals surface area contributed by atoms with Crippen molar-refractivity contribution in [3.8, 4) is 0 Å². The van der Waals surface area contributed by atoms with E-state index in [1.165, 1.54) is 10.4 Å². The molecule has 0 unspecified atom stereocenters. The first-order valence-corrected chi connectivity index (χ1v) is 13.1. The Hall–Kier alpha value is -1.76. The molecule has 31 heavy (non-hydrogen) atoms. The van der Waals surface area contributed by atoms with Gasteiger partial charge in [-0.25, -0.2) is 8.42 Å². The zero-order valence-electron chi connectivity index (χ0n) is 18.2. The van der Waals surface area contributed by atoms with E-state index in [1.807, 2.05) is 0 Å². The molecular weight excluding hydrogens is 455 g/mol. The normalized spacial score (nSPS) is 12.4. The third-order valence-electron chi connectivity index (χ3n) is 5.22. The fourth-order valence-electron chi connectivity index (χ4n) is 3.27. The molecule has 0 aliphatic carbocycles. The summed E-state index contributed by atoms with van der Waals surface area (Å²) in [5.41, 5.74) is 1.64. The Kier molecular flexibility index (Phi) is 9.66. The van der Waals surface area contributed by atoms with Crippen molar-refractivity contribution in [2.45, 2.75) is 46.1 Å². The molecule has 0 aliphatic rings. The van der Waals surface area contributed by atoms with E-state index in [9.17, 15) is 13.2 Å². The van der Waals surface area contributed by atoms with Crippen LogP contribution >= 0.6 is 23.2 Å². The van der Waals surface area contributed by atoms with Crippen molar-refractivity contribution in [2.75, 3.05) is 17.1 Å². The summed E-state index contributed by atoms with van der Waals surface area (Å²) < 4.78 is 26.0. The van der Waals surface area contributed by atoms with E-state index in [2.05, 4.69) is 19.2 Å². The van der Waals surface area contributed by atoms with E-state index in [0.29, 0.717) is 28.7 Å². The second-order valence-electron chi connectivity index (χ2n) is 7.69. The molecule has 2 aromatic rings. The predicted octanol–water partition coefficient (Wildman–Crippen LogP) is 5.91. The lowest BCUT2D eigenvalue weighted by Gasteiger charge is -2.23. The van der Waals surface area contributed by atoms with E-state index in [1.54, 1.807) is 36.4 Å². The Labute approximate surface area is 195 Å². The van der Waals surface area contributed by atoms with Crippen LogP contribution in [0.15, 0.2) is 42.5 Å². The number of benzene rings is 2. The molecule has 1 atom stereocenters. The number of sulfonamides is 1. The van der Waals surface area contributed by atoms with Crippen LogP contribution in [-0.4, -0.2) is 27.1 Å². The number of nitrogens with zero attached hydrogens (tertiary/aromatic N) is 1. The molecule has 1 amide bonds. The number of rotatable bonds is 11. The van der Waals surface area contributed by atoms with Crippen LogP contribution in [0.25, 0.3) is 0 Å². The van der Waals surface area contributed by atoms with Crippen molar-refractivity contribution < 1.29 is 13.2 Å². The van der Waals surface area contributed by atoms with Gasteiger partial charge in [0.05, 0.1) is 23.5 Å². The fraction of sp³-hybridized carbons (Fsp3) is 0.435. The molecule has 0 spiro atoms. The molecule has 0 heterocycles. The number of nitrogens with one attached hydrogen (secondary N) is 1. The minimum atomic E-state index is -3.58. The highest BCUT2D eigenvalue weighted by Crippen LogP contribution is 2.31. The number of anilines is 1. The number of hydrogen-bond acceptors (Lipinski definition) is 3. The molecule has 170 valence electrons. The van der Waals surface area contributed by atoms with Gasteiger partial charge in [-0.15, -0.1) is 0 Å². The standard InChI is InChI=1S/C23H30Cl2N2O3S/c1-4-6-7-17(5-2)15-26-23(28)19-10-8-18(9-11-19)16-27(31(3,29)30)22-13-12-20(24)14-21(22)25/h8-14,17H,4-7,15-16H2,1-3H3,(H,26,28)/t17-/m0/s1. The van der Waals surface area contributed by atoms with Crippen molar-refractivity contribution >= 4 is 44.8 Å². The van der Waals surface area contributed by atoms with Crippen molar-refractivity contribution in [1.82, 2.24) is 5.32 Å². The maximum atomic E-state index is 12.5. The number of carbonyl (C=O) groups excluding carboxylic acids is 1. The van der Waals surface area contributed by atoms with Gasteiger partial charge in [-0.05, 0) is 48.2 Å².